The first-order valence-electron chi connectivity index (χ1n) is 41.2. The summed E-state index contributed by atoms with van der Waals surface area (Å²) in [5.74, 6) is 1.27. The summed E-state index contributed by atoms with van der Waals surface area (Å²) in [5, 5.41) is 58.3. The topological polar surface area (TPSA) is 441 Å². The van der Waals surface area contributed by atoms with Crippen molar-refractivity contribution < 1.29 is 63.0 Å². The summed E-state index contributed by atoms with van der Waals surface area (Å²) in [4.78, 5) is 119. The van der Waals surface area contributed by atoms with Crippen LogP contribution in [0.15, 0.2) is 106 Å². The van der Waals surface area contributed by atoms with Crippen LogP contribution in [0.3, 0.4) is 0 Å². The van der Waals surface area contributed by atoms with E-state index in [-0.39, 0.29) is 110 Å². The van der Waals surface area contributed by atoms with Gasteiger partial charge >= 0.3 is 12.2 Å². The lowest BCUT2D eigenvalue weighted by atomic mass is 9.83. The first-order chi connectivity index (χ1) is 57.4. The van der Waals surface area contributed by atoms with Crippen molar-refractivity contribution in [2.45, 2.75) is 223 Å². The van der Waals surface area contributed by atoms with Gasteiger partial charge in [0.15, 0.2) is 22.7 Å². The minimum Gasteiger partial charge on any atom is -0.443 e. The van der Waals surface area contributed by atoms with Crippen molar-refractivity contribution in [1.82, 2.24) is 68.1 Å². The molecule has 9 aromatic rings. The van der Waals surface area contributed by atoms with Gasteiger partial charge in [0.2, 0.25) is 0 Å². The number of fused-ring (bicyclic) bond motifs is 3. The molecule has 6 aliphatic rings. The fraction of sp³-hybridized carbons (Fsp3) is 0.542. The van der Waals surface area contributed by atoms with Gasteiger partial charge in [-0.15, -0.1) is 0 Å². The van der Waals surface area contributed by atoms with Crippen LogP contribution < -0.4 is 58.8 Å². The zero-order valence-electron chi connectivity index (χ0n) is 69.4. The van der Waals surface area contributed by atoms with Gasteiger partial charge in [0.1, 0.15) is 67.9 Å². The van der Waals surface area contributed by atoms with E-state index >= 15 is 0 Å². The Morgan fingerprint density at radius 2 is 0.950 bits per heavy atom. The van der Waals surface area contributed by atoms with E-state index in [1.807, 2.05) is 6.07 Å². The molecule has 0 aromatic carbocycles. The molecule has 120 heavy (non-hydrogen) atoms. The molecule has 0 spiro atoms. The Bertz CT molecular complexity index is 5280. The van der Waals surface area contributed by atoms with Gasteiger partial charge in [-0.05, 0) is 193 Å². The minimum absolute atomic E-state index is 0.00439. The first kappa shape index (κ1) is 88.4. The third-order valence-electron chi connectivity index (χ3n) is 21.7. The normalized spacial score (nSPS) is 21.4. The number of amides is 4. The summed E-state index contributed by atoms with van der Waals surface area (Å²) in [7, 11) is 4.84. The fourth-order valence-corrected chi connectivity index (χ4v) is 15.8. The number of aliphatic hydroxyl groups is 3. The van der Waals surface area contributed by atoms with E-state index in [0.717, 1.165) is 110 Å². The molecule has 3 aliphatic heterocycles. The number of ether oxygens (including phenoxy) is 5. The zero-order chi connectivity index (χ0) is 85.7. The smallest absolute Gasteiger partial charge is 0.415 e. The molecule has 646 valence electrons. The lowest BCUT2D eigenvalue weighted by molar-refractivity contribution is 0.0577. The number of anilines is 8. The summed E-state index contributed by atoms with van der Waals surface area (Å²) >= 11 is 6.17. The van der Waals surface area contributed by atoms with Crippen molar-refractivity contribution in [1.29, 1.82) is 0 Å². The molecule has 3 aliphatic carbocycles. The highest BCUT2D eigenvalue weighted by Crippen LogP contribution is 2.33. The molecular weight excluding hydrogens is 1570 g/mol. The number of pyridine rings is 3. The van der Waals surface area contributed by atoms with Crippen molar-refractivity contribution in [3.05, 3.63) is 145 Å². The first-order valence-corrected chi connectivity index (χ1v) is 41.5. The minimum atomic E-state index is -0.740. The maximum atomic E-state index is 13.4. The molecule has 36 nitrogen and oxygen atoms in total. The third kappa shape index (κ3) is 22.4. The van der Waals surface area contributed by atoms with Crippen molar-refractivity contribution in [3.63, 3.8) is 0 Å². The third-order valence-corrected chi connectivity index (χ3v) is 21.9. The number of nitrogens with zero attached hydrogens (tertiary/aromatic N) is 14. The van der Waals surface area contributed by atoms with E-state index in [9.17, 15) is 53.7 Å². The van der Waals surface area contributed by atoms with E-state index in [4.69, 9.17) is 41.0 Å². The number of halogens is 1. The van der Waals surface area contributed by atoms with Crippen LogP contribution in [0.1, 0.15) is 213 Å². The lowest BCUT2D eigenvalue weighted by Crippen LogP contribution is -2.39. The number of nitrogens with one attached hydrogen (secondary N) is 5. The van der Waals surface area contributed by atoms with Crippen LogP contribution in [0.5, 0.6) is 0 Å². The number of nitrogens with two attached hydrogens (primary N) is 1. The highest BCUT2D eigenvalue weighted by Gasteiger charge is 2.33. The van der Waals surface area contributed by atoms with Gasteiger partial charge in [-0.1, -0.05) is 18.0 Å². The predicted molar refractivity (Wildman–Crippen MR) is 452 cm³/mol. The Morgan fingerprint density at radius 1 is 0.533 bits per heavy atom. The number of nitrogen functional groups attached to an aromatic ring is 1. The molecule has 9 atom stereocenters. The van der Waals surface area contributed by atoms with Crippen LogP contribution in [-0.2, 0) is 23.7 Å². The number of carbonyl (C=O) groups is 5. The maximum absolute atomic E-state index is 13.4. The second kappa shape index (κ2) is 39.5. The van der Waals surface area contributed by atoms with E-state index in [1.54, 1.807) is 135 Å². The Morgan fingerprint density at radius 3 is 1.40 bits per heavy atom. The number of hydrogen-bond acceptors (Lipinski definition) is 26. The van der Waals surface area contributed by atoms with Crippen LogP contribution in [0, 0.1) is 5.92 Å². The summed E-state index contributed by atoms with van der Waals surface area (Å²) in [6.45, 7) is 14.4. The molecule has 15 rings (SSSR count). The number of hydrogen-bond donors (Lipinski definition) is 9. The summed E-state index contributed by atoms with van der Waals surface area (Å²) in [5.41, 5.74) is 6.36. The largest absolute Gasteiger partial charge is 0.443 e. The average Bonchev–Trinajstić information content (AvgIpc) is 1.64. The van der Waals surface area contributed by atoms with E-state index < -0.39 is 35.6 Å². The molecule has 9 aromatic heterocycles. The molecule has 3 unspecified atom stereocenters. The molecule has 0 radical (unpaired) electrons. The van der Waals surface area contributed by atoms with Crippen molar-refractivity contribution in [2.24, 2.45) is 5.92 Å². The van der Waals surface area contributed by atoms with Crippen LogP contribution in [0.25, 0.3) is 16.9 Å². The number of aliphatic hydroxyl groups excluding tert-OH is 3. The maximum Gasteiger partial charge on any atom is 0.415 e. The van der Waals surface area contributed by atoms with Gasteiger partial charge in [-0.25, -0.2) is 24.5 Å². The zero-order valence-corrected chi connectivity index (χ0v) is 70.2. The predicted octanol–water partition coefficient (Wildman–Crippen LogP) is 10.1. The molecule has 12 heterocycles. The number of aromatic nitrogens is 12. The number of ketones is 1. The van der Waals surface area contributed by atoms with Gasteiger partial charge in [0, 0.05) is 96.3 Å². The molecular formula is C83H111ClN20O16. The monoisotopic (exact) mass is 1680 g/mol. The summed E-state index contributed by atoms with van der Waals surface area (Å²) in [6, 6.07) is 15.0. The van der Waals surface area contributed by atoms with Crippen LogP contribution in [-0.4, -0.2) is 205 Å². The molecule has 10 N–H and O–H groups in total. The highest BCUT2D eigenvalue weighted by molar-refractivity contribution is 6.30. The van der Waals surface area contributed by atoms with Crippen LogP contribution >= 0.6 is 11.6 Å². The Kier molecular flexibility index (Phi) is 29.1. The van der Waals surface area contributed by atoms with Crippen molar-refractivity contribution in [3.8, 4) is 0 Å². The van der Waals surface area contributed by atoms with E-state index in [0.29, 0.717) is 103 Å². The quantitative estimate of drug-likeness (QED) is 0.0302. The van der Waals surface area contributed by atoms with Gasteiger partial charge in [0.05, 0.1) is 86.1 Å². The molecule has 0 bridgehead atoms. The van der Waals surface area contributed by atoms with Gasteiger partial charge in [-0.2, -0.15) is 28.8 Å². The molecule has 3 saturated heterocycles. The Hall–Kier alpha value is -10.9. The summed E-state index contributed by atoms with van der Waals surface area (Å²) < 4.78 is 36.8. The second-order valence-electron chi connectivity index (χ2n) is 33.3. The van der Waals surface area contributed by atoms with Gasteiger partial charge in [0.25, 0.3) is 28.5 Å². The van der Waals surface area contributed by atoms with Crippen molar-refractivity contribution >= 4 is 104 Å². The Balaban J connectivity index is 0.000000154. The standard InChI is InChI=1S/C29H39N7O6.C24H31N7O4.C20H27ClN4O4.C10H14N2O2/c1-29(2,3)42-28(40)34(4)24-15-23(32-22-11-6-12-35(27(22)39)19-9-7-13-41-17-19)33-25-21(16-30-36(24)25)26(38)31-18-8-5-10-20(37)14-18;1-25-21-12-20(28-19-8-3-9-30(24(19)34)16-6-4-10-35-14-16)29-22-18(13-26-31(21)22)23(33)27-15-5-2-7-17(32)11-15;1-20(2,3)29-19(28)24(4)17-10-16(21)23-18-14(11-22-25(17)18)15(27)9-12-6-5-7-13(26)8-12;11-9-4-1-5-12(10(9)13)8-3-2-6-14-7-8/h6,11-12,15-16,18-20,37H,5,7-10,13-14,17H2,1-4H3,(H,31,38)(H,32,33);3,8-9,12-13,15-17,25,32H,2,4-7,10-11,14H2,1H3,(H,27,33)(H,28,29);10-13,26H,5-9H2,1-4H3;1,4-5,8H,2-3,6-7,11H2/t18?,19-,20-;15?,16-,17-;12?,13-;8-/m1111/s1. The molecule has 4 amide bonds. The van der Waals surface area contributed by atoms with Crippen LogP contribution in [0.2, 0.25) is 5.15 Å². The van der Waals surface area contributed by atoms with Gasteiger partial charge in [-0.3, -0.25) is 38.6 Å². The van der Waals surface area contributed by atoms with Crippen LogP contribution in [0.4, 0.5) is 55.7 Å². The van der Waals surface area contributed by atoms with Crippen molar-refractivity contribution in [2.75, 3.05) is 92.3 Å². The Labute approximate surface area is 698 Å². The lowest BCUT2D eigenvalue weighted by Gasteiger charge is -2.26. The average molecular weight is 1680 g/mol. The molecule has 37 heteroatoms. The van der Waals surface area contributed by atoms with E-state index in [2.05, 4.69) is 56.8 Å². The SMILES string of the molecule is CN(C(=O)OC(C)(C)C)c1cc(Cl)nc2c(C(=O)CC3CCC[C@@H](O)C3)cnn12.CN(C(=O)OC(C)(C)C)c1cc(Nc2cccn([C@@H]3CCCOC3)c2=O)nc2c(C(=O)NC3CCC[C@@H](O)C3)cnn12.CNc1cc(Nc2cccn([C@@H]3CCCOC3)c2=O)nc2c(C(=O)NC3CCC[C@@H](O)C3)cnn12.Nc1cccn([C@@H]2CCCOC2)c1=O. The number of carbonyl (C=O) groups excluding carboxylic acids is 5. The molecule has 6 fully saturated rings. The highest BCUT2D eigenvalue weighted by atomic mass is 35.5. The van der Waals surface area contributed by atoms with E-state index in [1.165, 1.54) is 50.5 Å². The molecule has 3 saturated carbocycles. The second-order valence-corrected chi connectivity index (χ2v) is 33.7. The number of Topliss-reactive ketones (excluding diaryl/α,β-unsaturated/α-hetero) is 1. The number of rotatable bonds is 17. The van der Waals surface area contributed by atoms with Gasteiger partial charge < -0.3 is 85.0 Å². The summed E-state index contributed by atoms with van der Waals surface area (Å²) in [6.07, 6.45) is 22.1. The fourth-order valence-electron chi connectivity index (χ4n) is 15.6.